The Labute approximate surface area is 185 Å². The number of benzene rings is 1. The Morgan fingerprint density at radius 2 is 2.22 bits per heavy atom. The number of nitrogens with two attached hydrogens (primary N) is 1. The van der Waals surface area contributed by atoms with Crippen molar-refractivity contribution in [3.05, 3.63) is 46.5 Å². The van der Waals surface area contributed by atoms with Crippen LogP contribution in [0.3, 0.4) is 0 Å². The van der Waals surface area contributed by atoms with Gasteiger partial charge in [-0.25, -0.2) is 9.67 Å². The molecule has 164 valence electrons. The zero-order chi connectivity index (χ0) is 22.2. The van der Waals surface area contributed by atoms with Gasteiger partial charge < -0.3 is 10.6 Å². The number of anilines is 1. The average Bonchev–Trinajstić information content (AvgIpc) is 3.42. The molecule has 1 fully saturated rings. The van der Waals surface area contributed by atoms with Gasteiger partial charge >= 0.3 is 0 Å². The van der Waals surface area contributed by atoms with Gasteiger partial charge in [0.15, 0.2) is 0 Å². The van der Waals surface area contributed by atoms with Crippen molar-refractivity contribution >= 4 is 27.9 Å². The van der Waals surface area contributed by atoms with Crippen LogP contribution in [0.15, 0.2) is 35.4 Å². The molecule has 0 radical (unpaired) electrons. The molecule has 0 aliphatic carbocycles. The van der Waals surface area contributed by atoms with Crippen LogP contribution in [0, 0.1) is 11.8 Å². The molecule has 1 saturated heterocycles. The predicted molar refractivity (Wildman–Crippen MR) is 125 cm³/mol. The molecule has 0 spiro atoms. The average molecular weight is 431 g/mol. The Morgan fingerprint density at radius 3 is 3.03 bits per heavy atom. The molecule has 2 unspecified atom stereocenters. The number of fused-ring (bicyclic) bond motifs is 2. The first-order valence-electron chi connectivity index (χ1n) is 10.9. The fraction of sp³-hybridized carbons (Fsp3) is 0.391. The van der Waals surface area contributed by atoms with Crippen molar-refractivity contribution < 1.29 is 0 Å². The minimum absolute atomic E-state index is 0.0968. The number of hydrogen-bond donors (Lipinski definition) is 2. The lowest BCUT2D eigenvalue weighted by Crippen LogP contribution is -2.44. The molecular weight excluding hydrogens is 404 g/mol. The quantitative estimate of drug-likeness (QED) is 0.479. The molecule has 3 aromatic heterocycles. The summed E-state index contributed by atoms with van der Waals surface area (Å²) in [4.78, 5) is 20.6. The second-order valence-electron chi connectivity index (χ2n) is 8.26. The lowest BCUT2D eigenvalue weighted by molar-refractivity contribution is 0.495. The maximum atomic E-state index is 13.7. The summed E-state index contributed by atoms with van der Waals surface area (Å²) in [6.45, 7) is 5.72. The number of aromatic nitrogens is 6. The van der Waals surface area contributed by atoms with Crippen LogP contribution in [0.25, 0.3) is 21.9 Å². The maximum Gasteiger partial charge on any atom is 0.293 e. The third-order valence-electron chi connectivity index (χ3n) is 6.18. The number of nitrogens with one attached hydrogen (secondary N) is 1. The van der Waals surface area contributed by atoms with Crippen molar-refractivity contribution in [3.63, 3.8) is 0 Å². The van der Waals surface area contributed by atoms with Crippen molar-refractivity contribution in [1.29, 1.82) is 0 Å². The molecule has 0 saturated carbocycles. The van der Waals surface area contributed by atoms with Crippen LogP contribution < -0.4 is 16.2 Å². The van der Waals surface area contributed by atoms with E-state index < -0.39 is 0 Å². The van der Waals surface area contributed by atoms with E-state index in [-0.39, 0.29) is 17.6 Å². The van der Waals surface area contributed by atoms with Crippen molar-refractivity contribution in [2.24, 2.45) is 5.73 Å². The van der Waals surface area contributed by atoms with Gasteiger partial charge in [-0.1, -0.05) is 18.1 Å². The van der Waals surface area contributed by atoms with Crippen molar-refractivity contribution in [3.8, 4) is 11.8 Å². The van der Waals surface area contributed by atoms with Gasteiger partial charge in [-0.3, -0.25) is 14.5 Å². The first kappa shape index (κ1) is 20.3. The fourth-order valence-electron chi connectivity index (χ4n) is 4.56. The van der Waals surface area contributed by atoms with Gasteiger partial charge in [0, 0.05) is 24.5 Å². The first-order chi connectivity index (χ1) is 15.6. The van der Waals surface area contributed by atoms with Crippen LogP contribution >= 0.6 is 0 Å². The lowest BCUT2D eigenvalue weighted by atomic mass is 10.0. The molecule has 1 aliphatic heterocycles. The molecule has 32 heavy (non-hydrogen) atoms. The van der Waals surface area contributed by atoms with Crippen molar-refractivity contribution in [2.45, 2.75) is 45.3 Å². The van der Waals surface area contributed by atoms with Crippen LogP contribution in [0.2, 0.25) is 0 Å². The molecular formula is C23H26N8O. The van der Waals surface area contributed by atoms with Gasteiger partial charge in [0.2, 0.25) is 5.95 Å². The van der Waals surface area contributed by atoms with Crippen LogP contribution in [0.4, 0.5) is 5.95 Å². The van der Waals surface area contributed by atoms with Crippen LogP contribution in [-0.2, 0) is 6.54 Å². The highest BCUT2D eigenvalue weighted by Gasteiger charge is 2.25. The molecule has 5 rings (SSSR count). The zero-order valence-electron chi connectivity index (χ0n) is 18.2. The monoisotopic (exact) mass is 430 g/mol. The van der Waals surface area contributed by atoms with Gasteiger partial charge in [0.25, 0.3) is 5.56 Å². The summed E-state index contributed by atoms with van der Waals surface area (Å²) < 4.78 is 3.43. The summed E-state index contributed by atoms with van der Waals surface area (Å²) >= 11 is 0. The Hall–Kier alpha value is -3.64. The highest BCUT2D eigenvalue weighted by atomic mass is 16.1. The summed E-state index contributed by atoms with van der Waals surface area (Å²) in [6.07, 6.45) is 5.45. The van der Waals surface area contributed by atoms with E-state index in [0.29, 0.717) is 24.1 Å². The first-order valence-corrected chi connectivity index (χ1v) is 10.9. The third-order valence-corrected chi connectivity index (χ3v) is 6.18. The van der Waals surface area contributed by atoms with Crippen molar-refractivity contribution in [1.82, 2.24) is 29.5 Å². The highest BCUT2D eigenvalue weighted by Crippen LogP contribution is 2.26. The number of nitrogens with zero attached hydrogens (tertiary/aromatic N) is 6. The molecule has 0 amide bonds. The lowest BCUT2D eigenvalue weighted by Gasteiger charge is -2.31. The zero-order valence-corrected chi connectivity index (χ0v) is 18.2. The minimum atomic E-state index is -0.277. The SMILES string of the molecule is CC#CCn1c(N2CCCC(N)C2)nc2cnn(C(C)c3cccc4[nH]ncc34)c(=O)c21. The molecule has 4 aromatic rings. The number of aromatic amines is 1. The second-order valence-corrected chi connectivity index (χ2v) is 8.26. The largest absolute Gasteiger partial charge is 0.341 e. The van der Waals surface area contributed by atoms with E-state index in [4.69, 9.17) is 10.7 Å². The van der Waals surface area contributed by atoms with Crippen LogP contribution in [0.5, 0.6) is 0 Å². The van der Waals surface area contributed by atoms with Gasteiger partial charge in [-0.15, -0.1) is 5.92 Å². The Balaban J connectivity index is 1.66. The number of H-pyrrole nitrogens is 1. The second kappa shape index (κ2) is 8.13. The summed E-state index contributed by atoms with van der Waals surface area (Å²) in [5, 5.41) is 12.6. The van der Waals surface area contributed by atoms with Crippen LogP contribution in [0.1, 0.15) is 38.3 Å². The molecule has 1 aromatic carbocycles. The Morgan fingerprint density at radius 1 is 1.34 bits per heavy atom. The highest BCUT2D eigenvalue weighted by molar-refractivity contribution is 5.82. The summed E-state index contributed by atoms with van der Waals surface area (Å²) in [5.74, 6) is 6.76. The number of imidazole rings is 1. The van der Waals surface area contributed by atoms with E-state index in [1.165, 1.54) is 4.68 Å². The number of hydrogen-bond acceptors (Lipinski definition) is 6. The van der Waals surface area contributed by atoms with E-state index in [1.807, 2.05) is 29.7 Å². The molecule has 1 aliphatic rings. The smallest absolute Gasteiger partial charge is 0.293 e. The minimum Gasteiger partial charge on any atom is -0.341 e. The van der Waals surface area contributed by atoms with E-state index in [9.17, 15) is 4.79 Å². The van der Waals surface area contributed by atoms with E-state index in [0.717, 1.165) is 41.8 Å². The standard InChI is InChI=1S/C23H26N8O/c1-3-4-11-30-21-20(27-23(30)29-10-6-7-16(24)14-29)13-26-31(22(21)32)15(2)17-8-5-9-19-18(17)12-25-28-19/h5,8-9,12-13,15-16H,6-7,10-11,14,24H2,1-2H3,(H,25,28). The molecule has 0 bridgehead atoms. The van der Waals surface area contributed by atoms with Crippen LogP contribution in [-0.4, -0.2) is 48.7 Å². The molecule has 9 heteroatoms. The fourth-order valence-corrected chi connectivity index (χ4v) is 4.56. The van der Waals surface area contributed by atoms with Gasteiger partial charge in [0.05, 0.1) is 30.5 Å². The summed E-state index contributed by atoms with van der Waals surface area (Å²) in [7, 11) is 0. The topological polar surface area (TPSA) is 111 Å². The number of rotatable bonds is 4. The maximum absolute atomic E-state index is 13.7. The normalized spacial score (nSPS) is 17.5. The van der Waals surface area contributed by atoms with Gasteiger partial charge in [0.1, 0.15) is 11.0 Å². The molecule has 3 N–H and O–H groups in total. The van der Waals surface area contributed by atoms with E-state index >= 15 is 0 Å². The molecule has 2 atom stereocenters. The van der Waals surface area contributed by atoms with E-state index in [1.54, 1.807) is 19.3 Å². The van der Waals surface area contributed by atoms with E-state index in [2.05, 4.69) is 32.0 Å². The molecule has 9 nitrogen and oxygen atoms in total. The predicted octanol–water partition coefficient (Wildman–Crippen LogP) is 2.03. The number of piperidine rings is 1. The Bertz CT molecular complexity index is 1400. The summed E-state index contributed by atoms with van der Waals surface area (Å²) in [5.41, 5.74) is 9.02. The molecule has 4 heterocycles. The van der Waals surface area contributed by atoms with Gasteiger partial charge in [-0.05, 0) is 38.3 Å². The van der Waals surface area contributed by atoms with Crippen molar-refractivity contribution in [2.75, 3.05) is 18.0 Å². The summed E-state index contributed by atoms with van der Waals surface area (Å²) in [6, 6.07) is 5.74. The van der Waals surface area contributed by atoms with Gasteiger partial charge in [-0.2, -0.15) is 10.2 Å². The third kappa shape index (κ3) is 3.33. The Kier molecular flexibility index (Phi) is 5.15.